The molecule has 4 nitrogen and oxygen atoms in total. The highest BCUT2D eigenvalue weighted by atomic mass is 35.5. The first-order valence-electron chi connectivity index (χ1n) is 7.95. The first kappa shape index (κ1) is 19.4. The van der Waals surface area contributed by atoms with Crippen LogP contribution in [0.25, 0.3) is 11.1 Å². The normalized spacial score (nSPS) is 10.6. The number of para-hydroxylation sites is 1. The molecule has 0 aliphatic rings. The second-order valence-electron chi connectivity index (χ2n) is 5.89. The highest BCUT2D eigenvalue weighted by Gasteiger charge is 2.15. The van der Waals surface area contributed by atoms with E-state index in [2.05, 4.69) is 5.32 Å². The maximum Gasteiger partial charge on any atom is 0.252 e. The van der Waals surface area contributed by atoms with Gasteiger partial charge in [-0.1, -0.05) is 53.0 Å². The predicted molar refractivity (Wildman–Crippen MR) is 111 cm³/mol. The lowest BCUT2D eigenvalue weighted by Gasteiger charge is -2.12. The molecular weight excluding hydrogens is 407 g/mol. The SMILES string of the molecule is NC(=O)c1cccc(-c2ccc(NCc3cc(Cl)cc(Cl)c3)cc2Cl)c1O. The van der Waals surface area contributed by atoms with Crippen LogP contribution in [0.3, 0.4) is 0 Å². The largest absolute Gasteiger partial charge is 0.506 e. The van der Waals surface area contributed by atoms with E-state index in [1.807, 2.05) is 18.2 Å². The number of anilines is 1. The molecule has 0 aliphatic heterocycles. The molecule has 3 rings (SSSR count). The lowest BCUT2D eigenvalue weighted by atomic mass is 10.0. The number of aromatic hydroxyl groups is 1. The number of rotatable bonds is 5. The predicted octanol–water partition coefficient (Wildman–Crippen LogP) is 5.73. The van der Waals surface area contributed by atoms with Gasteiger partial charge in [-0.25, -0.2) is 0 Å². The van der Waals surface area contributed by atoms with E-state index in [1.54, 1.807) is 30.3 Å². The molecule has 0 aliphatic carbocycles. The highest BCUT2D eigenvalue weighted by molar-refractivity contribution is 6.34. The van der Waals surface area contributed by atoms with Crippen molar-refractivity contribution in [2.45, 2.75) is 6.54 Å². The molecule has 3 aromatic carbocycles. The van der Waals surface area contributed by atoms with E-state index in [0.29, 0.717) is 32.7 Å². The number of nitrogens with two attached hydrogens (primary N) is 1. The minimum Gasteiger partial charge on any atom is -0.506 e. The van der Waals surface area contributed by atoms with E-state index in [1.165, 1.54) is 6.07 Å². The summed E-state index contributed by atoms with van der Waals surface area (Å²) in [6.45, 7) is 0.512. The molecule has 1 amide bonds. The smallest absolute Gasteiger partial charge is 0.252 e. The fourth-order valence-electron chi connectivity index (χ4n) is 2.72. The van der Waals surface area contributed by atoms with Gasteiger partial charge in [0.25, 0.3) is 5.91 Å². The van der Waals surface area contributed by atoms with Gasteiger partial charge in [-0.3, -0.25) is 4.79 Å². The number of primary amides is 1. The molecular formula is C20H15Cl3N2O2. The van der Waals surface area contributed by atoms with Crippen molar-refractivity contribution in [3.63, 3.8) is 0 Å². The third-order valence-electron chi connectivity index (χ3n) is 3.98. The topological polar surface area (TPSA) is 75.4 Å². The second-order valence-corrected chi connectivity index (χ2v) is 7.17. The van der Waals surface area contributed by atoms with E-state index < -0.39 is 5.91 Å². The standard InChI is InChI=1S/C20H15Cl3N2O2/c21-12-6-11(7-13(22)8-12)10-25-14-4-5-15(18(23)9-14)16-2-1-3-17(19(16)26)20(24)27/h1-9,25-26H,10H2,(H2,24,27). The van der Waals surface area contributed by atoms with Crippen LogP contribution >= 0.6 is 34.8 Å². The van der Waals surface area contributed by atoms with Gasteiger partial charge in [-0.05, 0) is 42.0 Å². The third kappa shape index (κ3) is 4.48. The maximum atomic E-state index is 11.4. The number of nitrogens with one attached hydrogen (secondary N) is 1. The fourth-order valence-corrected chi connectivity index (χ4v) is 3.57. The molecule has 27 heavy (non-hydrogen) atoms. The number of phenols is 1. The summed E-state index contributed by atoms with van der Waals surface area (Å²) in [5.74, 6) is -0.898. The van der Waals surface area contributed by atoms with E-state index in [0.717, 1.165) is 11.3 Å². The molecule has 0 aromatic heterocycles. The Morgan fingerprint density at radius 1 is 0.963 bits per heavy atom. The molecule has 138 valence electrons. The van der Waals surface area contributed by atoms with Crippen molar-refractivity contribution < 1.29 is 9.90 Å². The van der Waals surface area contributed by atoms with Gasteiger partial charge in [-0.2, -0.15) is 0 Å². The molecule has 0 radical (unpaired) electrons. The number of hydrogen-bond donors (Lipinski definition) is 3. The van der Waals surface area contributed by atoms with Gasteiger partial charge in [-0.15, -0.1) is 0 Å². The lowest BCUT2D eigenvalue weighted by Crippen LogP contribution is -2.11. The Hall–Kier alpha value is -2.40. The van der Waals surface area contributed by atoms with Crippen LogP contribution in [-0.2, 0) is 6.54 Å². The summed E-state index contributed by atoms with van der Waals surface area (Å²) in [5, 5.41) is 15.1. The van der Waals surface area contributed by atoms with Crippen LogP contribution in [0, 0.1) is 0 Å². The molecule has 0 spiro atoms. The van der Waals surface area contributed by atoms with Crippen molar-refractivity contribution in [2.75, 3.05) is 5.32 Å². The summed E-state index contributed by atoms with van der Waals surface area (Å²) in [5.41, 5.74) is 8.06. The zero-order valence-electron chi connectivity index (χ0n) is 14.0. The maximum absolute atomic E-state index is 11.4. The lowest BCUT2D eigenvalue weighted by molar-refractivity contribution is 0.0998. The molecule has 0 fully saturated rings. The van der Waals surface area contributed by atoms with Crippen LogP contribution in [-0.4, -0.2) is 11.0 Å². The van der Waals surface area contributed by atoms with E-state index in [-0.39, 0.29) is 11.3 Å². The Bertz CT molecular complexity index is 1000. The van der Waals surface area contributed by atoms with Crippen molar-refractivity contribution in [2.24, 2.45) is 5.73 Å². The first-order valence-corrected chi connectivity index (χ1v) is 9.09. The Balaban J connectivity index is 1.84. The first-order chi connectivity index (χ1) is 12.8. The van der Waals surface area contributed by atoms with Crippen molar-refractivity contribution in [1.29, 1.82) is 0 Å². The second kappa shape index (κ2) is 8.09. The van der Waals surface area contributed by atoms with Gasteiger partial charge in [0.2, 0.25) is 0 Å². The Kier molecular flexibility index (Phi) is 5.80. The highest BCUT2D eigenvalue weighted by Crippen LogP contribution is 2.37. The minimum absolute atomic E-state index is 0.0450. The van der Waals surface area contributed by atoms with Gasteiger partial charge in [0, 0.05) is 33.4 Å². The van der Waals surface area contributed by atoms with E-state index in [9.17, 15) is 9.90 Å². The zero-order chi connectivity index (χ0) is 19.6. The Morgan fingerprint density at radius 2 is 1.67 bits per heavy atom. The molecule has 0 unspecified atom stereocenters. The summed E-state index contributed by atoms with van der Waals surface area (Å²) < 4.78 is 0. The van der Waals surface area contributed by atoms with Crippen LogP contribution in [0.4, 0.5) is 5.69 Å². The fraction of sp³-hybridized carbons (Fsp3) is 0.0500. The van der Waals surface area contributed by atoms with Gasteiger partial charge >= 0.3 is 0 Å². The molecule has 3 aromatic rings. The summed E-state index contributed by atoms with van der Waals surface area (Å²) in [6, 6.07) is 15.4. The summed E-state index contributed by atoms with van der Waals surface area (Å²) in [4.78, 5) is 11.4. The summed E-state index contributed by atoms with van der Waals surface area (Å²) >= 11 is 18.4. The number of amides is 1. The number of hydrogen-bond acceptors (Lipinski definition) is 3. The molecule has 0 atom stereocenters. The third-order valence-corrected chi connectivity index (χ3v) is 4.73. The van der Waals surface area contributed by atoms with Crippen molar-refractivity contribution >= 4 is 46.4 Å². The summed E-state index contributed by atoms with van der Waals surface area (Å²) in [6.07, 6.45) is 0. The van der Waals surface area contributed by atoms with Gasteiger partial charge in [0.15, 0.2) is 0 Å². The molecule has 0 bridgehead atoms. The molecule has 0 heterocycles. The van der Waals surface area contributed by atoms with E-state index in [4.69, 9.17) is 40.5 Å². The van der Waals surface area contributed by atoms with Crippen molar-refractivity contribution in [3.8, 4) is 16.9 Å². The van der Waals surface area contributed by atoms with Crippen LogP contribution in [0.2, 0.25) is 15.1 Å². The number of halogens is 3. The van der Waals surface area contributed by atoms with Crippen molar-refractivity contribution in [1.82, 2.24) is 0 Å². The zero-order valence-corrected chi connectivity index (χ0v) is 16.2. The Labute approximate surface area is 171 Å². The number of carbonyl (C=O) groups is 1. The monoisotopic (exact) mass is 420 g/mol. The van der Waals surface area contributed by atoms with Crippen molar-refractivity contribution in [3.05, 3.63) is 80.8 Å². The van der Waals surface area contributed by atoms with Crippen LogP contribution < -0.4 is 11.1 Å². The minimum atomic E-state index is -0.705. The average molecular weight is 422 g/mol. The Morgan fingerprint density at radius 3 is 2.30 bits per heavy atom. The molecule has 7 heteroatoms. The number of carbonyl (C=O) groups excluding carboxylic acids is 1. The quantitative estimate of drug-likeness (QED) is 0.492. The van der Waals surface area contributed by atoms with Gasteiger partial charge in [0.05, 0.1) is 10.6 Å². The molecule has 0 saturated carbocycles. The van der Waals surface area contributed by atoms with Crippen LogP contribution in [0.5, 0.6) is 5.75 Å². The van der Waals surface area contributed by atoms with Crippen LogP contribution in [0.15, 0.2) is 54.6 Å². The number of benzene rings is 3. The molecule has 4 N–H and O–H groups in total. The summed E-state index contributed by atoms with van der Waals surface area (Å²) in [7, 11) is 0. The van der Waals surface area contributed by atoms with Gasteiger partial charge in [0.1, 0.15) is 5.75 Å². The van der Waals surface area contributed by atoms with Crippen LogP contribution in [0.1, 0.15) is 15.9 Å². The van der Waals surface area contributed by atoms with Gasteiger partial charge < -0.3 is 16.2 Å². The van der Waals surface area contributed by atoms with E-state index >= 15 is 0 Å². The molecule has 0 saturated heterocycles. The average Bonchev–Trinajstić information content (AvgIpc) is 2.59.